The van der Waals surface area contributed by atoms with Crippen LogP contribution in [0.25, 0.3) is 0 Å². The van der Waals surface area contributed by atoms with E-state index in [1.165, 1.54) is 0 Å². The predicted molar refractivity (Wildman–Crippen MR) is 71.2 cm³/mol. The lowest BCUT2D eigenvalue weighted by Crippen LogP contribution is -2.41. The summed E-state index contributed by atoms with van der Waals surface area (Å²) in [5.74, 6) is -0.917. The summed E-state index contributed by atoms with van der Waals surface area (Å²) in [5, 5.41) is 0. The lowest BCUT2D eigenvalue weighted by atomic mass is 9.79. The minimum atomic E-state index is -4.61. The molecule has 0 bridgehead atoms. The van der Waals surface area contributed by atoms with E-state index >= 15 is 0 Å². The van der Waals surface area contributed by atoms with Gasteiger partial charge in [-0.1, -0.05) is 6.07 Å². The van der Waals surface area contributed by atoms with Crippen molar-refractivity contribution in [2.75, 3.05) is 0 Å². The van der Waals surface area contributed by atoms with E-state index in [1.807, 2.05) is 27.7 Å². The molecule has 0 unspecified atom stereocenters. The van der Waals surface area contributed by atoms with Crippen LogP contribution in [-0.4, -0.2) is 18.3 Å². The first-order valence-electron chi connectivity index (χ1n) is 6.64. The molecule has 0 atom stereocenters. The second kappa shape index (κ2) is 4.99. The number of alkyl halides is 3. The molecule has 0 radical (unpaired) electrons. The molecule has 0 spiro atoms. The third kappa shape index (κ3) is 3.24. The standard InChI is InChI=1S/C14H17BF4O2/c1-12(2)13(3,4)21-15(20-12)8-9-5-6-10(16)7-11(9)14(17,18)19/h5-7H,8H2,1-4H3. The van der Waals surface area contributed by atoms with Crippen LogP contribution < -0.4 is 0 Å². The highest BCUT2D eigenvalue weighted by Gasteiger charge is 2.51. The summed E-state index contributed by atoms with van der Waals surface area (Å²) in [7, 11) is -0.790. The van der Waals surface area contributed by atoms with Crippen LogP contribution in [0, 0.1) is 5.82 Å². The zero-order valence-electron chi connectivity index (χ0n) is 12.3. The molecule has 2 rings (SSSR count). The molecule has 0 aliphatic carbocycles. The number of hydrogen-bond acceptors (Lipinski definition) is 2. The molecule has 0 saturated carbocycles. The van der Waals surface area contributed by atoms with E-state index in [0.717, 1.165) is 12.1 Å². The topological polar surface area (TPSA) is 18.5 Å². The quantitative estimate of drug-likeness (QED) is 0.607. The van der Waals surface area contributed by atoms with Crippen molar-refractivity contribution >= 4 is 7.12 Å². The van der Waals surface area contributed by atoms with E-state index < -0.39 is 35.9 Å². The molecule has 1 aromatic rings. The molecule has 7 heteroatoms. The fourth-order valence-electron chi connectivity index (χ4n) is 2.22. The predicted octanol–water partition coefficient (Wildman–Crippen LogP) is 4.02. The highest BCUT2D eigenvalue weighted by atomic mass is 19.4. The third-order valence-corrected chi connectivity index (χ3v) is 4.07. The summed E-state index contributed by atoms with van der Waals surface area (Å²) in [6, 6.07) is 2.64. The average molecular weight is 304 g/mol. The molecule has 21 heavy (non-hydrogen) atoms. The summed E-state index contributed by atoms with van der Waals surface area (Å²) in [5.41, 5.74) is -2.26. The molecule has 2 nitrogen and oxygen atoms in total. The monoisotopic (exact) mass is 304 g/mol. The summed E-state index contributed by atoms with van der Waals surface area (Å²) in [6.45, 7) is 7.29. The van der Waals surface area contributed by atoms with E-state index in [1.54, 1.807) is 0 Å². The van der Waals surface area contributed by atoms with Crippen molar-refractivity contribution in [3.8, 4) is 0 Å². The molecule has 1 aliphatic heterocycles. The number of halogens is 4. The Balaban J connectivity index is 2.26. The van der Waals surface area contributed by atoms with Gasteiger partial charge >= 0.3 is 13.3 Å². The second-order valence-corrected chi connectivity index (χ2v) is 6.19. The van der Waals surface area contributed by atoms with Gasteiger partial charge in [-0.2, -0.15) is 13.2 Å². The Morgan fingerprint density at radius 2 is 1.57 bits per heavy atom. The van der Waals surface area contributed by atoms with E-state index in [-0.39, 0.29) is 11.9 Å². The number of rotatable bonds is 2. The van der Waals surface area contributed by atoms with Gasteiger partial charge in [0.15, 0.2) is 0 Å². The Kier molecular flexibility index (Phi) is 3.87. The van der Waals surface area contributed by atoms with Gasteiger partial charge in [-0.05, 0) is 45.4 Å². The van der Waals surface area contributed by atoms with Gasteiger partial charge in [0.1, 0.15) is 5.82 Å². The number of hydrogen-bond donors (Lipinski definition) is 0. The maximum atomic E-state index is 13.1. The summed E-state index contributed by atoms with van der Waals surface area (Å²) in [4.78, 5) is 0. The molecular formula is C14H17BF4O2. The zero-order valence-corrected chi connectivity index (χ0v) is 12.3. The normalized spacial score (nSPS) is 20.9. The van der Waals surface area contributed by atoms with Crippen LogP contribution in [0.1, 0.15) is 38.8 Å². The van der Waals surface area contributed by atoms with Crippen molar-refractivity contribution in [2.24, 2.45) is 0 Å². The maximum Gasteiger partial charge on any atom is 0.462 e. The van der Waals surface area contributed by atoms with Gasteiger partial charge in [0.05, 0.1) is 16.8 Å². The van der Waals surface area contributed by atoms with Crippen molar-refractivity contribution in [1.29, 1.82) is 0 Å². The molecule has 1 fully saturated rings. The summed E-state index contributed by atoms with van der Waals surface area (Å²) >= 11 is 0. The number of benzene rings is 1. The Hall–Kier alpha value is -1.08. The second-order valence-electron chi connectivity index (χ2n) is 6.19. The first-order valence-corrected chi connectivity index (χ1v) is 6.64. The van der Waals surface area contributed by atoms with Gasteiger partial charge in [0.25, 0.3) is 0 Å². The fraction of sp³-hybridized carbons (Fsp3) is 0.571. The molecule has 0 aromatic heterocycles. The molecule has 116 valence electrons. The largest absolute Gasteiger partial charge is 0.462 e. The van der Waals surface area contributed by atoms with Crippen LogP contribution in [-0.2, 0) is 21.8 Å². The first-order chi connectivity index (χ1) is 9.42. The average Bonchev–Trinajstić information content (AvgIpc) is 2.48. The smallest absolute Gasteiger partial charge is 0.403 e. The molecule has 1 saturated heterocycles. The van der Waals surface area contributed by atoms with Gasteiger partial charge in [-0.15, -0.1) is 0 Å². The Morgan fingerprint density at radius 1 is 1.05 bits per heavy atom. The molecule has 1 heterocycles. The Morgan fingerprint density at radius 3 is 2.05 bits per heavy atom. The van der Waals surface area contributed by atoms with Crippen molar-refractivity contribution in [2.45, 2.75) is 51.4 Å². The van der Waals surface area contributed by atoms with Crippen LogP contribution in [0.2, 0.25) is 0 Å². The lowest BCUT2D eigenvalue weighted by molar-refractivity contribution is -0.138. The lowest BCUT2D eigenvalue weighted by Gasteiger charge is -2.32. The van der Waals surface area contributed by atoms with Crippen molar-refractivity contribution in [1.82, 2.24) is 0 Å². The summed E-state index contributed by atoms with van der Waals surface area (Å²) in [6.07, 6.45) is -4.69. The highest BCUT2D eigenvalue weighted by Crippen LogP contribution is 2.39. The van der Waals surface area contributed by atoms with Crippen molar-refractivity contribution in [3.05, 3.63) is 35.1 Å². The third-order valence-electron chi connectivity index (χ3n) is 4.07. The van der Waals surface area contributed by atoms with E-state index in [9.17, 15) is 17.6 Å². The minimum Gasteiger partial charge on any atom is -0.403 e. The minimum absolute atomic E-state index is 0.0394. The van der Waals surface area contributed by atoms with E-state index in [2.05, 4.69) is 0 Å². The van der Waals surface area contributed by atoms with Gasteiger partial charge in [0.2, 0.25) is 0 Å². The van der Waals surface area contributed by atoms with Gasteiger partial charge in [0, 0.05) is 6.32 Å². The summed E-state index contributed by atoms with van der Waals surface area (Å²) < 4.78 is 63.3. The van der Waals surface area contributed by atoms with Crippen LogP contribution in [0.15, 0.2) is 18.2 Å². The maximum absolute atomic E-state index is 13.1. The Bertz CT molecular complexity index is 524. The van der Waals surface area contributed by atoms with Gasteiger partial charge < -0.3 is 9.31 Å². The van der Waals surface area contributed by atoms with Crippen molar-refractivity contribution < 1.29 is 26.9 Å². The van der Waals surface area contributed by atoms with Crippen LogP contribution in [0.5, 0.6) is 0 Å². The van der Waals surface area contributed by atoms with Gasteiger partial charge in [-0.25, -0.2) is 4.39 Å². The van der Waals surface area contributed by atoms with E-state index in [0.29, 0.717) is 6.07 Å². The van der Waals surface area contributed by atoms with Crippen LogP contribution in [0.4, 0.5) is 17.6 Å². The van der Waals surface area contributed by atoms with Crippen LogP contribution in [0.3, 0.4) is 0 Å². The molecule has 0 amide bonds. The zero-order chi connectivity index (χ0) is 16.1. The SMILES string of the molecule is CC1(C)OB(Cc2ccc(F)cc2C(F)(F)F)OC1(C)C. The van der Waals surface area contributed by atoms with Gasteiger partial charge in [-0.3, -0.25) is 0 Å². The Labute approximate surface area is 121 Å². The first kappa shape index (κ1) is 16.3. The highest BCUT2D eigenvalue weighted by molar-refractivity contribution is 6.45. The molecule has 1 aromatic carbocycles. The van der Waals surface area contributed by atoms with E-state index in [4.69, 9.17) is 9.31 Å². The molecule has 1 aliphatic rings. The molecular weight excluding hydrogens is 287 g/mol. The molecule has 0 N–H and O–H groups in total. The van der Waals surface area contributed by atoms with Crippen LogP contribution >= 0.6 is 0 Å². The fourth-order valence-corrected chi connectivity index (χ4v) is 2.22. The van der Waals surface area contributed by atoms with Crippen molar-refractivity contribution in [3.63, 3.8) is 0 Å².